The lowest BCUT2D eigenvalue weighted by Gasteiger charge is -2.27. The van der Waals surface area contributed by atoms with Gasteiger partial charge < -0.3 is 15.4 Å². The van der Waals surface area contributed by atoms with Crippen LogP contribution in [0.3, 0.4) is 0 Å². The highest BCUT2D eigenvalue weighted by atomic mass is 35.5. The maximum atomic E-state index is 12.5. The lowest BCUT2D eigenvalue weighted by atomic mass is 10.00. The number of halogens is 1. The van der Waals surface area contributed by atoms with Crippen LogP contribution in [0.5, 0.6) is 5.75 Å². The van der Waals surface area contributed by atoms with Crippen LogP contribution in [0.1, 0.15) is 28.4 Å². The van der Waals surface area contributed by atoms with Gasteiger partial charge in [0.15, 0.2) is 0 Å². The number of anilines is 1. The lowest BCUT2D eigenvalue weighted by molar-refractivity contribution is -0.111. The van der Waals surface area contributed by atoms with Crippen molar-refractivity contribution in [2.75, 3.05) is 11.9 Å². The van der Waals surface area contributed by atoms with Gasteiger partial charge in [0.1, 0.15) is 5.75 Å². The number of amides is 2. The monoisotopic (exact) mass is 356 g/mol. The Morgan fingerprint density at radius 1 is 1.20 bits per heavy atom. The van der Waals surface area contributed by atoms with E-state index in [9.17, 15) is 9.59 Å². The molecule has 1 unspecified atom stereocenters. The van der Waals surface area contributed by atoms with Crippen LogP contribution in [0.2, 0.25) is 5.02 Å². The molecule has 2 amide bonds. The van der Waals surface area contributed by atoms with Gasteiger partial charge >= 0.3 is 0 Å². The molecule has 1 aliphatic heterocycles. The summed E-state index contributed by atoms with van der Waals surface area (Å²) < 4.78 is 5.60. The van der Waals surface area contributed by atoms with E-state index in [2.05, 4.69) is 17.2 Å². The molecule has 0 spiro atoms. The van der Waals surface area contributed by atoms with Crippen molar-refractivity contribution in [2.45, 2.75) is 12.5 Å². The van der Waals surface area contributed by atoms with Crippen molar-refractivity contribution in [2.24, 2.45) is 0 Å². The molecule has 0 aliphatic carbocycles. The average Bonchev–Trinajstić information content (AvgIpc) is 2.63. The van der Waals surface area contributed by atoms with E-state index in [-0.39, 0.29) is 17.9 Å². The van der Waals surface area contributed by atoms with Crippen LogP contribution in [0.25, 0.3) is 0 Å². The van der Waals surface area contributed by atoms with Crippen molar-refractivity contribution < 1.29 is 14.3 Å². The third-order valence-corrected chi connectivity index (χ3v) is 4.23. The molecule has 0 bridgehead atoms. The first-order chi connectivity index (χ1) is 12.1. The maximum absolute atomic E-state index is 12.5. The molecule has 128 valence electrons. The van der Waals surface area contributed by atoms with Gasteiger partial charge in [0, 0.05) is 23.2 Å². The summed E-state index contributed by atoms with van der Waals surface area (Å²) in [5.74, 6) is 0.135. The molecule has 5 nitrogen and oxygen atoms in total. The Morgan fingerprint density at radius 3 is 2.68 bits per heavy atom. The molecule has 2 aromatic rings. The third kappa shape index (κ3) is 3.83. The van der Waals surface area contributed by atoms with Crippen LogP contribution in [0.4, 0.5) is 5.69 Å². The number of ether oxygens (including phenoxy) is 1. The highest BCUT2D eigenvalue weighted by Crippen LogP contribution is 2.37. The van der Waals surface area contributed by atoms with E-state index in [0.29, 0.717) is 35.1 Å². The number of nitrogens with one attached hydrogen (secondary N) is 2. The zero-order chi connectivity index (χ0) is 17.8. The zero-order valence-corrected chi connectivity index (χ0v) is 14.2. The molecule has 1 aliphatic rings. The third-order valence-electron chi connectivity index (χ3n) is 3.93. The molecule has 0 radical (unpaired) electrons. The van der Waals surface area contributed by atoms with Crippen molar-refractivity contribution in [1.29, 1.82) is 0 Å². The Morgan fingerprint density at radius 2 is 1.96 bits per heavy atom. The van der Waals surface area contributed by atoms with Gasteiger partial charge in [-0.3, -0.25) is 9.59 Å². The standard InChI is InChI=1S/C19H17ClN2O3/c1-2-17(23)21-13-8-6-12(7-9-13)19(24)22-16-10-11-25-18-14(16)4-3-5-15(18)20/h2-9,16H,1,10-11H2,(H,21,23)(H,22,24). The van der Waals surface area contributed by atoms with Crippen LogP contribution in [0, 0.1) is 0 Å². The lowest BCUT2D eigenvalue weighted by Crippen LogP contribution is -2.32. The smallest absolute Gasteiger partial charge is 0.251 e. The predicted molar refractivity (Wildman–Crippen MR) is 97.0 cm³/mol. The first-order valence-electron chi connectivity index (χ1n) is 7.84. The first-order valence-corrected chi connectivity index (χ1v) is 8.22. The van der Waals surface area contributed by atoms with Gasteiger partial charge in [0.05, 0.1) is 17.7 Å². The quantitative estimate of drug-likeness (QED) is 0.820. The molecule has 2 aromatic carbocycles. The summed E-state index contributed by atoms with van der Waals surface area (Å²) in [6.45, 7) is 3.89. The van der Waals surface area contributed by atoms with Crippen molar-refractivity contribution in [3.8, 4) is 5.75 Å². The van der Waals surface area contributed by atoms with Crippen molar-refractivity contribution in [3.63, 3.8) is 0 Å². The van der Waals surface area contributed by atoms with Gasteiger partial charge in [-0.15, -0.1) is 0 Å². The molecule has 25 heavy (non-hydrogen) atoms. The fourth-order valence-electron chi connectivity index (χ4n) is 2.68. The Kier molecular flexibility index (Phi) is 5.05. The van der Waals surface area contributed by atoms with Crippen molar-refractivity contribution >= 4 is 29.1 Å². The van der Waals surface area contributed by atoms with Gasteiger partial charge in [-0.1, -0.05) is 30.3 Å². The number of fused-ring (bicyclic) bond motifs is 1. The SMILES string of the molecule is C=CC(=O)Nc1ccc(C(=O)NC2CCOc3c(Cl)cccc32)cc1. The van der Waals surface area contributed by atoms with E-state index >= 15 is 0 Å². The molecule has 6 heteroatoms. The zero-order valence-electron chi connectivity index (χ0n) is 13.4. The second-order valence-corrected chi connectivity index (χ2v) is 6.00. The van der Waals surface area contributed by atoms with E-state index in [1.54, 1.807) is 30.3 Å². The van der Waals surface area contributed by atoms with Gasteiger partial charge in [-0.05, 0) is 36.4 Å². The van der Waals surface area contributed by atoms with Gasteiger partial charge in [-0.2, -0.15) is 0 Å². The fourth-order valence-corrected chi connectivity index (χ4v) is 2.91. The Bertz CT molecular complexity index is 818. The number of carbonyl (C=O) groups is 2. The Hall–Kier alpha value is -2.79. The van der Waals surface area contributed by atoms with Crippen LogP contribution >= 0.6 is 11.6 Å². The van der Waals surface area contributed by atoms with Gasteiger partial charge in [0.2, 0.25) is 5.91 Å². The van der Waals surface area contributed by atoms with E-state index < -0.39 is 0 Å². The summed E-state index contributed by atoms with van der Waals surface area (Å²) in [7, 11) is 0. The molecule has 0 saturated heterocycles. The van der Waals surface area contributed by atoms with Crippen LogP contribution in [0.15, 0.2) is 55.1 Å². The molecule has 0 fully saturated rings. The number of hydrogen-bond donors (Lipinski definition) is 2. The summed E-state index contributed by atoms with van der Waals surface area (Å²) in [5.41, 5.74) is 1.98. The van der Waals surface area contributed by atoms with Gasteiger partial charge in [0.25, 0.3) is 5.91 Å². The summed E-state index contributed by atoms with van der Waals surface area (Å²) >= 11 is 6.15. The number of para-hydroxylation sites is 1. The normalized spacial score (nSPS) is 15.5. The highest BCUT2D eigenvalue weighted by Gasteiger charge is 2.25. The molecule has 1 heterocycles. The highest BCUT2D eigenvalue weighted by molar-refractivity contribution is 6.32. The average molecular weight is 357 g/mol. The predicted octanol–water partition coefficient (Wildman–Crippen LogP) is 3.72. The Labute approximate surface area is 150 Å². The van der Waals surface area contributed by atoms with E-state index in [1.807, 2.05) is 12.1 Å². The van der Waals surface area contributed by atoms with Crippen LogP contribution in [-0.2, 0) is 4.79 Å². The molecule has 0 aromatic heterocycles. The van der Waals surface area contributed by atoms with Crippen molar-refractivity contribution in [1.82, 2.24) is 5.32 Å². The number of carbonyl (C=O) groups excluding carboxylic acids is 2. The van der Waals surface area contributed by atoms with E-state index in [4.69, 9.17) is 16.3 Å². The molecular formula is C19H17ClN2O3. The minimum absolute atomic E-state index is 0.157. The number of rotatable bonds is 4. The number of hydrogen-bond acceptors (Lipinski definition) is 3. The summed E-state index contributed by atoms with van der Waals surface area (Å²) in [6, 6.07) is 12.0. The first kappa shape index (κ1) is 17.0. The largest absolute Gasteiger partial charge is 0.492 e. The minimum atomic E-state index is -0.298. The second-order valence-electron chi connectivity index (χ2n) is 5.59. The van der Waals surface area contributed by atoms with Crippen molar-refractivity contribution in [3.05, 3.63) is 71.3 Å². The molecule has 2 N–H and O–H groups in total. The Balaban J connectivity index is 1.72. The molecular weight excluding hydrogens is 340 g/mol. The molecule has 0 saturated carbocycles. The summed E-state index contributed by atoms with van der Waals surface area (Å²) in [6.07, 6.45) is 1.86. The summed E-state index contributed by atoms with van der Waals surface area (Å²) in [4.78, 5) is 23.8. The van der Waals surface area contributed by atoms with Crippen LogP contribution < -0.4 is 15.4 Å². The van der Waals surface area contributed by atoms with Crippen LogP contribution in [-0.4, -0.2) is 18.4 Å². The maximum Gasteiger partial charge on any atom is 0.251 e. The second kappa shape index (κ2) is 7.40. The number of benzene rings is 2. The van der Waals surface area contributed by atoms with Gasteiger partial charge in [-0.25, -0.2) is 0 Å². The van der Waals surface area contributed by atoms with E-state index in [0.717, 1.165) is 5.56 Å². The summed E-state index contributed by atoms with van der Waals surface area (Å²) in [5, 5.41) is 6.19. The minimum Gasteiger partial charge on any atom is -0.492 e. The topological polar surface area (TPSA) is 67.4 Å². The molecule has 3 rings (SSSR count). The van der Waals surface area contributed by atoms with E-state index in [1.165, 1.54) is 6.08 Å². The fraction of sp³-hybridized carbons (Fsp3) is 0.158. The molecule has 1 atom stereocenters.